The summed E-state index contributed by atoms with van der Waals surface area (Å²) in [6, 6.07) is 4.56. The lowest BCUT2D eigenvalue weighted by Gasteiger charge is -2.28. The molecule has 9 heteroatoms. The molecule has 2 aliphatic rings. The van der Waals surface area contributed by atoms with Crippen molar-refractivity contribution in [1.29, 1.82) is 0 Å². The molecule has 3 rings (SSSR count). The number of benzene rings is 1. The normalized spacial score (nSPS) is 21.4. The molecular formula is C19H25N3O6. The van der Waals surface area contributed by atoms with E-state index in [9.17, 15) is 19.7 Å². The van der Waals surface area contributed by atoms with Gasteiger partial charge in [-0.25, -0.2) is 9.59 Å². The number of nitro benzene ring substituents is 1. The Morgan fingerprint density at radius 1 is 1.25 bits per heavy atom. The fourth-order valence-electron chi connectivity index (χ4n) is 3.89. The van der Waals surface area contributed by atoms with Crippen LogP contribution in [0.2, 0.25) is 0 Å². The van der Waals surface area contributed by atoms with Gasteiger partial charge in [-0.05, 0) is 39.3 Å². The summed E-state index contributed by atoms with van der Waals surface area (Å²) < 4.78 is 10.2. The average molecular weight is 391 g/mol. The number of hydrogen-bond donors (Lipinski definition) is 0. The SMILES string of the molecule is COC(=O)c1cc(N2CCC3CN(C(=O)OC(C)(C)C)CC32)ccc1[N+](=O)[O-]. The minimum absolute atomic E-state index is 0.0737. The van der Waals surface area contributed by atoms with Crippen molar-refractivity contribution in [1.82, 2.24) is 4.90 Å². The van der Waals surface area contributed by atoms with Crippen molar-refractivity contribution in [2.45, 2.75) is 38.8 Å². The number of nitrogens with zero attached hydrogens (tertiary/aromatic N) is 3. The van der Waals surface area contributed by atoms with Gasteiger partial charge in [0, 0.05) is 37.3 Å². The quantitative estimate of drug-likeness (QED) is 0.443. The van der Waals surface area contributed by atoms with Crippen LogP contribution in [0.3, 0.4) is 0 Å². The molecule has 0 bridgehead atoms. The molecule has 0 spiro atoms. The van der Waals surface area contributed by atoms with Crippen LogP contribution in [0.5, 0.6) is 0 Å². The number of ether oxygens (including phenoxy) is 2. The first-order valence-corrected chi connectivity index (χ1v) is 9.22. The number of amides is 1. The van der Waals surface area contributed by atoms with Crippen LogP contribution in [-0.4, -0.2) is 60.3 Å². The van der Waals surface area contributed by atoms with E-state index in [0.717, 1.165) is 13.0 Å². The van der Waals surface area contributed by atoms with Crippen LogP contribution in [0.1, 0.15) is 37.6 Å². The van der Waals surface area contributed by atoms with Gasteiger partial charge in [0.2, 0.25) is 0 Å². The van der Waals surface area contributed by atoms with E-state index in [0.29, 0.717) is 24.7 Å². The first-order chi connectivity index (χ1) is 13.1. The van der Waals surface area contributed by atoms with E-state index in [4.69, 9.17) is 9.47 Å². The van der Waals surface area contributed by atoms with Gasteiger partial charge in [0.05, 0.1) is 18.1 Å². The Labute approximate surface area is 163 Å². The molecule has 0 radical (unpaired) electrons. The van der Waals surface area contributed by atoms with Crippen molar-refractivity contribution in [2.24, 2.45) is 5.92 Å². The summed E-state index contributed by atoms with van der Waals surface area (Å²) >= 11 is 0. The van der Waals surface area contributed by atoms with Crippen molar-refractivity contribution in [3.63, 3.8) is 0 Å². The van der Waals surface area contributed by atoms with Crippen molar-refractivity contribution in [3.05, 3.63) is 33.9 Å². The number of anilines is 1. The van der Waals surface area contributed by atoms with Gasteiger partial charge in [0.1, 0.15) is 11.2 Å². The summed E-state index contributed by atoms with van der Waals surface area (Å²) in [5, 5.41) is 11.2. The summed E-state index contributed by atoms with van der Waals surface area (Å²) in [5.74, 6) is -0.449. The molecule has 1 aromatic rings. The maximum Gasteiger partial charge on any atom is 0.410 e. The Bertz CT molecular complexity index is 803. The van der Waals surface area contributed by atoms with E-state index < -0.39 is 16.5 Å². The van der Waals surface area contributed by atoms with Gasteiger partial charge in [0.15, 0.2) is 0 Å². The Morgan fingerprint density at radius 2 is 1.96 bits per heavy atom. The molecule has 0 aliphatic carbocycles. The molecule has 2 aliphatic heterocycles. The molecule has 0 aromatic heterocycles. The third-order valence-electron chi connectivity index (χ3n) is 5.11. The van der Waals surface area contributed by atoms with Gasteiger partial charge in [-0.1, -0.05) is 0 Å². The highest BCUT2D eigenvalue weighted by Crippen LogP contribution is 2.37. The predicted molar refractivity (Wildman–Crippen MR) is 101 cm³/mol. The molecule has 2 unspecified atom stereocenters. The molecule has 28 heavy (non-hydrogen) atoms. The summed E-state index contributed by atoms with van der Waals surface area (Å²) in [4.78, 5) is 38.8. The predicted octanol–water partition coefficient (Wildman–Crippen LogP) is 2.83. The second kappa shape index (κ2) is 7.29. The van der Waals surface area contributed by atoms with E-state index in [1.807, 2.05) is 20.8 Å². The number of likely N-dealkylation sites (tertiary alicyclic amines) is 1. The van der Waals surface area contributed by atoms with Crippen LogP contribution in [-0.2, 0) is 9.47 Å². The van der Waals surface area contributed by atoms with Gasteiger partial charge < -0.3 is 19.3 Å². The maximum absolute atomic E-state index is 12.4. The number of carbonyl (C=O) groups excluding carboxylic acids is 2. The number of rotatable bonds is 3. The minimum atomic E-state index is -0.744. The molecule has 2 atom stereocenters. The number of methoxy groups -OCH3 is 1. The number of esters is 1. The topological polar surface area (TPSA) is 102 Å². The average Bonchev–Trinajstić information content (AvgIpc) is 3.19. The van der Waals surface area contributed by atoms with E-state index in [1.165, 1.54) is 19.2 Å². The number of nitro groups is 1. The molecule has 0 N–H and O–H groups in total. The van der Waals surface area contributed by atoms with Crippen LogP contribution in [0.15, 0.2) is 18.2 Å². The van der Waals surface area contributed by atoms with Gasteiger partial charge in [-0.3, -0.25) is 10.1 Å². The maximum atomic E-state index is 12.4. The van der Waals surface area contributed by atoms with Crippen molar-refractivity contribution in [3.8, 4) is 0 Å². The first kappa shape index (κ1) is 19.9. The second-order valence-corrected chi connectivity index (χ2v) is 8.14. The zero-order valence-corrected chi connectivity index (χ0v) is 16.5. The van der Waals surface area contributed by atoms with E-state index in [-0.39, 0.29) is 23.4 Å². The fraction of sp³-hybridized carbons (Fsp3) is 0.579. The first-order valence-electron chi connectivity index (χ1n) is 9.22. The Balaban J connectivity index is 1.81. The van der Waals surface area contributed by atoms with Crippen molar-refractivity contribution >= 4 is 23.4 Å². The second-order valence-electron chi connectivity index (χ2n) is 8.14. The van der Waals surface area contributed by atoms with Gasteiger partial charge in [-0.2, -0.15) is 0 Å². The number of hydrogen-bond acceptors (Lipinski definition) is 7. The molecule has 2 heterocycles. The summed E-state index contributed by atoms with van der Waals surface area (Å²) in [6.45, 7) is 7.39. The summed E-state index contributed by atoms with van der Waals surface area (Å²) in [6.07, 6.45) is 0.565. The Kier molecular flexibility index (Phi) is 5.18. The lowest BCUT2D eigenvalue weighted by molar-refractivity contribution is -0.385. The number of carbonyl (C=O) groups is 2. The molecule has 2 fully saturated rings. The zero-order chi connectivity index (χ0) is 20.6. The molecule has 0 saturated carbocycles. The van der Waals surface area contributed by atoms with Crippen molar-refractivity contribution in [2.75, 3.05) is 31.6 Å². The molecule has 2 saturated heterocycles. The zero-order valence-electron chi connectivity index (χ0n) is 16.5. The van der Waals surface area contributed by atoms with Gasteiger partial charge in [-0.15, -0.1) is 0 Å². The standard InChI is InChI=1S/C19H25N3O6/c1-19(2,3)28-18(24)20-10-12-7-8-21(16(12)11-20)13-5-6-15(22(25)26)14(9-13)17(23)27-4/h5-6,9,12,16H,7-8,10-11H2,1-4H3. The Morgan fingerprint density at radius 3 is 2.57 bits per heavy atom. The smallest absolute Gasteiger partial charge is 0.410 e. The highest BCUT2D eigenvalue weighted by molar-refractivity contribution is 5.95. The lowest BCUT2D eigenvalue weighted by Crippen LogP contribution is -2.39. The van der Waals surface area contributed by atoms with Crippen LogP contribution >= 0.6 is 0 Å². The van der Waals surface area contributed by atoms with Crippen LogP contribution in [0.25, 0.3) is 0 Å². The van der Waals surface area contributed by atoms with Crippen LogP contribution in [0.4, 0.5) is 16.2 Å². The lowest BCUT2D eigenvalue weighted by atomic mass is 10.0. The third-order valence-corrected chi connectivity index (χ3v) is 5.11. The van der Waals surface area contributed by atoms with Gasteiger partial charge in [0.25, 0.3) is 5.69 Å². The van der Waals surface area contributed by atoms with Crippen molar-refractivity contribution < 1.29 is 24.0 Å². The highest BCUT2D eigenvalue weighted by atomic mass is 16.6. The van der Waals surface area contributed by atoms with E-state index in [2.05, 4.69) is 4.90 Å². The molecular weight excluding hydrogens is 366 g/mol. The summed E-state index contributed by atoms with van der Waals surface area (Å²) in [7, 11) is 1.19. The summed E-state index contributed by atoms with van der Waals surface area (Å²) in [5.41, 5.74) is -0.199. The van der Waals surface area contributed by atoms with E-state index >= 15 is 0 Å². The van der Waals surface area contributed by atoms with Crippen LogP contribution in [0, 0.1) is 16.0 Å². The molecule has 1 amide bonds. The van der Waals surface area contributed by atoms with E-state index in [1.54, 1.807) is 11.0 Å². The van der Waals surface area contributed by atoms with Crippen LogP contribution < -0.4 is 4.90 Å². The molecule has 152 valence electrons. The highest BCUT2D eigenvalue weighted by Gasteiger charge is 2.44. The largest absolute Gasteiger partial charge is 0.465 e. The fourth-order valence-corrected chi connectivity index (χ4v) is 3.89. The third kappa shape index (κ3) is 3.88. The molecule has 1 aromatic carbocycles. The van der Waals surface area contributed by atoms with Gasteiger partial charge >= 0.3 is 12.1 Å². The monoisotopic (exact) mass is 391 g/mol. The molecule has 9 nitrogen and oxygen atoms in total. The Hall–Kier alpha value is -2.84. The minimum Gasteiger partial charge on any atom is -0.465 e. The number of fused-ring (bicyclic) bond motifs is 1.